The van der Waals surface area contributed by atoms with E-state index in [1.807, 2.05) is 23.6 Å². The highest BCUT2D eigenvalue weighted by atomic mass is 32.1. The summed E-state index contributed by atoms with van der Waals surface area (Å²) >= 11 is 1.67. The molecule has 1 aromatic heterocycles. The molecule has 2 aromatic rings. The maximum absolute atomic E-state index is 9.83. The summed E-state index contributed by atoms with van der Waals surface area (Å²) in [5.41, 5.74) is 6.43. The van der Waals surface area contributed by atoms with E-state index in [0.29, 0.717) is 13.0 Å². The molecule has 0 spiro atoms. The van der Waals surface area contributed by atoms with Crippen molar-refractivity contribution in [1.82, 2.24) is 0 Å². The molecule has 1 atom stereocenters. The minimum atomic E-state index is -0.420. The molecule has 0 saturated carbocycles. The number of aliphatic hydroxyl groups is 1. The van der Waals surface area contributed by atoms with E-state index < -0.39 is 6.10 Å². The van der Waals surface area contributed by atoms with Gasteiger partial charge in [0.25, 0.3) is 0 Å². The van der Waals surface area contributed by atoms with Crippen LogP contribution >= 0.6 is 11.3 Å². The van der Waals surface area contributed by atoms with Crippen LogP contribution in [0, 0.1) is 0 Å². The van der Waals surface area contributed by atoms with Gasteiger partial charge in [0.1, 0.15) is 0 Å². The van der Waals surface area contributed by atoms with Gasteiger partial charge in [-0.25, -0.2) is 0 Å². The molecule has 2 nitrogen and oxygen atoms in total. The Labute approximate surface area is 87.0 Å². The average molecular weight is 207 g/mol. The van der Waals surface area contributed by atoms with Crippen molar-refractivity contribution in [3.05, 3.63) is 35.2 Å². The number of aliphatic hydroxyl groups excluding tert-OH is 1. The number of hydrogen-bond donors (Lipinski definition) is 2. The summed E-state index contributed by atoms with van der Waals surface area (Å²) in [6.07, 6.45) is 0.205. The molecule has 0 saturated heterocycles. The zero-order valence-electron chi connectivity index (χ0n) is 7.81. The van der Waals surface area contributed by atoms with Crippen molar-refractivity contribution in [2.45, 2.75) is 12.5 Å². The van der Waals surface area contributed by atoms with Crippen molar-refractivity contribution in [2.24, 2.45) is 5.73 Å². The van der Waals surface area contributed by atoms with Crippen molar-refractivity contribution in [3.8, 4) is 0 Å². The lowest BCUT2D eigenvalue weighted by molar-refractivity contribution is 0.172. The van der Waals surface area contributed by atoms with Gasteiger partial charge in [-0.05, 0) is 35.4 Å². The molecule has 0 bridgehead atoms. The van der Waals surface area contributed by atoms with Crippen LogP contribution in [0.3, 0.4) is 0 Å². The molecule has 0 aliphatic heterocycles. The van der Waals surface area contributed by atoms with Gasteiger partial charge in [-0.2, -0.15) is 0 Å². The smallest absolute Gasteiger partial charge is 0.0816 e. The van der Waals surface area contributed by atoms with Gasteiger partial charge in [0.15, 0.2) is 0 Å². The SMILES string of the molecule is NCCC(O)c1csc2ccccc12. The predicted octanol–water partition coefficient (Wildman–Crippen LogP) is 2.28. The predicted molar refractivity (Wildman–Crippen MR) is 60.5 cm³/mol. The van der Waals surface area contributed by atoms with Crippen LogP contribution in [0.25, 0.3) is 10.1 Å². The van der Waals surface area contributed by atoms with Crippen LogP contribution in [0.2, 0.25) is 0 Å². The molecule has 1 aromatic carbocycles. The molecule has 1 heterocycles. The van der Waals surface area contributed by atoms with Gasteiger partial charge in [-0.1, -0.05) is 18.2 Å². The highest BCUT2D eigenvalue weighted by Crippen LogP contribution is 2.31. The third-order valence-corrected chi connectivity index (χ3v) is 3.29. The van der Waals surface area contributed by atoms with E-state index in [2.05, 4.69) is 6.07 Å². The largest absolute Gasteiger partial charge is 0.388 e. The van der Waals surface area contributed by atoms with Crippen LogP contribution in [-0.4, -0.2) is 11.7 Å². The van der Waals surface area contributed by atoms with Gasteiger partial charge in [-0.3, -0.25) is 0 Å². The second-order valence-electron chi connectivity index (χ2n) is 3.28. The number of thiophene rings is 1. The summed E-state index contributed by atoms with van der Waals surface area (Å²) in [6.45, 7) is 0.519. The Hall–Kier alpha value is -0.900. The lowest BCUT2D eigenvalue weighted by atomic mass is 10.1. The van der Waals surface area contributed by atoms with Crippen molar-refractivity contribution >= 4 is 21.4 Å². The molecular formula is C11H13NOS. The van der Waals surface area contributed by atoms with Crippen molar-refractivity contribution < 1.29 is 5.11 Å². The lowest BCUT2D eigenvalue weighted by Crippen LogP contribution is -2.05. The van der Waals surface area contributed by atoms with E-state index in [1.165, 1.54) is 4.70 Å². The van der Waals surface area contributed by atoms with Gasteiger partial charge in [0, 0.05) is 4.70 Å². The monoisotopic (exact) mass is 207 g/mol. The third-order valence-electron chi connectivity index (χ3n) is 2.31. The summed E-state index contributed by atoms with van der Waals surface area (Å²) in [5, 5.41) is 13.0. The first-order valence-corrected chi connectivity index (χ1v) is 5.55. The molecule has 0 radical (unpaired) electrons. The highest BCUT2D eigenvalue weighted by molar-refractivity contribution is 7.17. The van der Waals surface area contributed by atoms with Gasteiger partial charge < -0.3 is 10.8 Å². The Kier molecular flexibility index (Phi) is 2.82. The number of benzene rings is 1. The molecule has 3 heteroatoms. The Bertz CT molecular complexity index is 424. The summed E-state index contributed by atoms with van der Waals surface area (Å²) in [5.74, 6) is 0. The Morgan fingerprint density at radius 2 is 2.14 bits per heavy atom. The number of hydrogen-bond acceptors (Lipinski definition) is 3. The zero-order valence-corrected chi connectivity index (χ0v) is 8.63. The highest BCUT2D eigenvalue weighted by Gasteiger charge is 2.11. The summed E-state index contributed by atoms with van der Waals surface area (Å²) < 4.78 is 1.22. The molecule has 3 N–H and O–H groups in total. The molecule has 0 aliphatic rings. The first-order chi connectivity index (χ1) is 6.83. The van der Waals surface area contributed by atoms with Crippen molar-refractivity contribution in [3.63, 3.8) is 0 Å². The first-order valence-electron chi connectivity index (χ1n) is 4.67. The molecular weight excluding hydrogens is 194 g/mol. The summed E-state index contributed by atoms with van der Waals surface area (Å²) in [4.78, 5) is 0. The molecule has 74 valence electrons. The maximum Gasteiger partial charge on any atom is 0.0816 e. The molecule has 0 fully saturated rings. The number of nitrogens with two attached hydrogens (primary N) is 1. The second kappa shape index (κ2) is 4.09. The van der Waals surface area contributed by atoms with E-state index in [1.54, 1.807) is 11.3 Å². The average Bonchev–Trinajstić information content (AvgIpc) is 2.61. The van der Waals surface area contributed by atoms with Crippen LogP contribution < -0.4 is 5.73 Å². The van der Waals surface area contributed by atoms with Crippen LogP contribution in [0.1, 0.15) is 18.1 Å². The number of rotatable bonds is 3. The molecule has 1 unspecified atom stereocenters. The van der Waals surface area contributed by atoms with E-state index in [-0.39, 0.29) is 0 Å². The zero-order chi connectivity index (χ0) is 9.97. The Balaban J connectivity index is 2.42. The normalized spacial score (nSPS) is 13.3. The Morgan fingerprint density at radius 3 is 2.93 bits per heavy atom. The van der Waals surface area contributed by atoms with E-state index >= 15 is 0 Å². The van der Waals surface area contributed by atoms with E-state index in [0.717, 1.165) is 10.9 Å². The minimum absolute atomic E-state index is 0.420. The summed E-state index contributed by atoms with van der Waals surface area (Å²) in [7, 11) is 0. The lowest BCUT2D eigenvalue weighted by Gasteiger charge is -2.07. The fourth-order valence-electron chi connectivity index (χ4n) is 1.57. The van der Waals surface area contributed by atoms with Crippen LogP contribution in [0.4, 0.5) is 0 Å². The van der Waals surface area contributed by atoms with Gasteiger partial charge in [0.05, 0.1) is 6.10 Å². The van der Waals surface area contributed by atoms with Crippen molar-refractivity contribution in [2.75, 3.05) is 6.54 Å². The van der Waals surface area contributed by atoms with Crippen molar-refractivity contribution in [1.29, 1.82) is 0 Å². The fourth-order valence-corrected chi connectivity index (χ4v) is 2.58. The van der Waals surface area contributed by atoms with E-state index in [9.17, 15) is 5.11 Å². The van der Waals surface area contributed by atoms with Crippen LogP contribution in [-0.2, 0) is 0 Å². The first kappa shape index (κ1) is 9.65. The van der Waals surface area contributed by atoms with Gasteiger partial charge in [-0.15, -0.1) is 11.3 Å². The van der Waals surface area contributed by atoms with E-state index in [4.69, 9.17) is 5.73 Å². The molecule has 14 heavy (non-hydrogen) atoms. The standard InChI is InChI=1S/C11H13NOS/c12-6-5-10(13)9-7-14-11-4-2-1-3-8(9)11/h1-4,7,10,13H,5-6,12H2. The topological polar surface area (TPSA) is 46.2 Å². The van der Waals surface area contributed by atoms with Crippen LogP contribution in [0.15, 0.2) is 29.6 Å². The maximum atomic E-state index is 9.83. The Morgan fingerprint density at radius 1 is 1.36 bits per heavy atom. The fraction of sp³-hybridized carbons (Fsp3) is 0.273. The minimum Gasteiger partial charge on any atom is -0.388 e. The van der Waals surface area contributed by atoms with Crippen LogP contribution in [0.5, 0.6) is 0 Å². The third kappa shape index (κ3) is 1.66. The molecule has 2 rings (SSSR count). The quantitative estimate of drug-likeness (QED) is 0.811. The number of fused-ring (bicyclic) bond motifs is 1. The summed E-state index contributed by atoms with van der Waals surface area (Å²) in [6, 6.07) is 8.12. The molecule has 0 aliphatic carbocycles. The molecule has 0 amide bonds. The second-order valence-corrected chi connectivity index (χ2v) is 4.19. The van der Waals surface area contributed by atoms with Gasteiger partial charge in [0.2, 0.25) is 0 Å². The van der Waals surface area contributed by atoms with Gasteiger partial charge >= 0.3 is 0 Å².